The van der Waals surface area contributed by atoms with Crippen LogP contribution in [0.2, 0.25) is 0 Å². The molecule has 0 aromatic carbocycles. The average molecular weight is 258 g/mol. The second-order valence-electron chi connectivity index (χ2n) is 5.84. The van der Waals surface area contributed by atoms with Gasteiger partial charge in [-0.05, 0) is 46.1 Å². The standard InChI is InChI=1S/C13H26N2O3/c1-13(2,3)18-12(17)15-7-4-11(5-8-15)10-14-6-9-16/h11,14,16H,4-10H2,1-3H3. The summed E-state index contributed by atoms with van der Waals surface area (Å²) < 4.78 is 5.35. The highest BCUT2D eigenvalue weighted by molar-refractivity contribution is 5.68. The van der Waals surface area contributed by atoms with Crippen LogP contribution in [0.4, 0.5) is 4.79 Å². The normalized spacial score (nSPS) is 17.9. The molecule has 0 saturated carbocycles. The number of likely N-dealkylation sites (tertiary alicyclic amines) is 1. The Morgan fingerprint density at radius 1 is 1.39 bits per heavy atom. The summed E-state index contributed by atoms with van der Waals surface area (Å²) in [6.45, 7) is 8.93. The van der Waals surface area contributed by atoms with E-state index in [0.29, 0.717) is 12.5 Å². The fraction of sp³-hybridized carbons (Fsp3) is 0.923. The fourth-order valence-corrected chi connectivity index (χ4v) is 2.03. The number of rotatable bonds is 4. The minimum absolute atomic E-state index is 0.177. The van der Waals surface area contributed by atoms with E-state index in [4.69, 9.17) is 9.84 Å². The number of nitrogens with zero attached hydrogens (tertiary/aromatic N) is 1. The van der Waals surface area contributed by atoms with Crippen LogP contribution in [0, 0.1) is 5.92 Å². The molecule has 5 nitrogen and oxygen atoms in total. The number of aliphatic hydroxyl groups excluding tert-OH is 1. The smallest absolute Gasteiger partial charge is 0.410 e. The molecule has 2 N–H and O–H groups in total. The van der Waals surface area contributed by atoms with Crippen molar-refractivity contribution in [3.63, 3.8) is 0 Å². The van der Waals surface area contributed by atoms with Crippen molar-refractivity contribution in [3.05, 3.63) is 0 Å². The lowest BCUT2D eigenvalue weighted by molar-refractivity contribution is 0.0184. The summed E-state index contributed by atoms with van der Waals surface area (Å²) in [6, 6.07) is 0. The Kier molecular flexibility index (Phi) is 5.88. The molecular weight excluding hydrogens is 232 g/mol. The average Bonchev–Trinajstić information content (AvgIpc) is 2.28. The van der Waals surface area contributed by atoms with Crippen LogP contribution in [0.1, 0.15) is 33.6 Å². The molecule has 1 saturated heterocycles. The number of hydrogen-bond acceptors (Lipinski definition) is 4. The molecule has 18 heavy (non-hydrogen) atoms. The predicted molar refractivity (Wildman–Crippen MR) is 70.5 cm³/mol. The van der Waals surface area contributed by atoms with Crippen LogP contribution in [-0.4, -0.2) is 54.5 Å². The van der Waals surface area contributed by atoms with Crippen LogP contribution in [0.25, 0.3) is 0 Å². The van der Waals surface area contributed by atoms with Crippen LogP contribution in [0.5, 0.6) is 0 Å². The maximum Gasteiger partial charge on any atom is 0.410 e. The van der Waals surface area contributed by atoms with Gasteiger partial charge in [-0.1, -0.05) is 0 Å². The van der Waals surface area contributed by atoms with Gasteiger partial charge in [0.1, 0.15) is 5.60 Å². The first-order valence-corrected chi connectivity index (χ1v) is 6.72. The Hall–Kier alpha value is -0.810. The van der Waals surface area contributed by atoms with E-state index in [9.17, 15) is 4.79 Å². The van der Waals surface area contributed by atoms with Gasteiger partial charge in [0.15, 0.2) is 0 Å². The minimum atomic E-state index is -0.420. The van der Waals surface area contributed by atoms with E-state index in [2.05, 4.69) is 5.32 Å². The van der Waals surface area contributed by atoms with E-state index in [0.717, 1.165) is 32.5 Å². The predicted octanol–water partition coefficient (Wildman–Crippen LogP) is 1.22. The molecule has 0 aliphatic carbocycles. The van der Waals surface area contributed by atoms with Gasteiger partial charge < -0.3 is 20.1 Å². The molecule has 1 rings (SSSR count). The molecule has 0 aromatic rings. The zero-order valence-corrected chi connectivity index (χ0v) is 11.7. The van der Waals surface area contributed by atoms with E-state index >= 15 is 0 Å². The molecular formula is C13H26N2O3. The van der Waals surface area contributed by atoms with E-state index in [1.165, 1.54) is 0 Å². The van der Waals surface area contributed by atoms with E-state index in [1.54, 1.807) is 4.90 Å². The lowest BCUT2D eigenvalue weighted by Gasteiger charge is -2.33. The van der Waals surface area contributed by atoms with Gasteiger partial charge in [0, 0.05) is 19.6 Å². The molecule has 0 bridgehead atoms. The largest absolute Gasteiger partial charge is 0.444 e. The summed E-state index contributed by atoms with van der Waals surface area (Å²) in [5, 5.41) is 11.9. The lowest BCUT2D eigenvalue weighted by atomic mass is 9.97. The third-order valence-electron chi connectivity index (χ3n) is 2.99. The van der Waals surface area contributed by atoms with Gasteiger partial charge in [0.2, 0.25) is 0 Å². The van der Waals surface area contributed by atoms with E-state index < -0.39 is 5.60 Å². The first-order valence-electron chi connectivity index (χ1n) is 6.72. The van der Waals surface area contributed by atoms with E-state index in [1.807, 2.05) is 20.8 Å². The Labute approximate surface area is 109 Å². The quantitative estimate of drug-likeness (QED) is 0.744. The highest BCUT2D eigenvalue weighted by Gasteiger charge is 2.26. The van der Waals surface area contributed by atoms with Crippen LogP contribution in [0.3, 0.4) is 0 Å². The van der Waals surface area contributed by atoms with Crippen LogP contribution in [-0.2, 0) is 4.74 Å². The molecule has 1 heterocycles. The zero-order chi connectivity index (χ0) is 13.6. The molecule has 0 unspecified atom stereocenters. The Morgan fingerprint density at radius 3 is 2.50 bits per heavy atom. The van der Waals surface area contributed by atoms with E-state index in [-0.39, 0.29) is 12.7 Å². The minimum Gasteiger partial charge on any atom is -0.444 e. The van der Waals surface area contributed by atoms with Gasteiger partial charge in [-0.25, -0.2) is 4.79 Å². The topological polar surface area (TPSA) is 61.8 Å². The van der Waals surface area contributed by atoms with Gasteiger partial charge in [-0.2, -0.15) is 0 Å². The van der Waals surface area contributed by atoms with Crippen molar-refractivity contribution in [2.45, 2.75) is 39.2 Å². The first-order chi connectivity index (χ1) is 8.42. The van der Waals surface area contributed by atoms with Crippen molar-refractivity contribution in [2.75, 3.05) is 32.8 Å². The Morgan fingerprint density at radius 2 is 2.00 bits per heavy atom. The van der Waals surface area contributed by atoms with Crippen molar-refractivity contribution in [3.8, 4) is 0 Å². The van der Waals surface area contributed by atoms with Gasteiger partial charge in [-0.15, -0.1) is 0 Å². The Balaban J connectivity index is 2.24. The second-order valence-corrected chi connectivity index (χ2v) is 5.84. The number of aliphatic hydroxyl groups is 1. The van der Waals surface area contributed by atoms with Crippen molar-refractivity contribution < 1.29 is 14.6 Å². The summed E-state index contributed by atoms with van der Waals surface area (Å²) in [5.74, 6) is 0.593. The van der Waals surface area contributed by atoms with Crippen molar-refractivity contribution >= 4 is 6.09 Å². The number of carbonyl (C=O) groups is 1. The first kappa shape index (κ1) is 15.2. The monoisotopic (exact) mass is 258 g/mol. The lowest BCUT2D eigenvalue weighted by Crippen LogP contribution is -2.43. The fourth-order valence-electron chi connectivity index (χ4n) is 2.03. The third-order valence-corrected chi connectivity index (χ3v) is 2.99. The Bertz CT molecular complexity index is 255. The van der Waals surface area contributed by atoms with Crippen molar-refractivity contribution in [1.82, 2.24) is 10.2 Å². The molecule has 1 amide bonds. The van der Waals surface area contributed by atoms with Gasteiger partial charge >= 0.3 is 6.09 Å². The van der Waals surface area contributed by atoms with Gasteiger partial charge in [-0.3, -0.25) is 0 Å². The maximum atomic E-state index is 11.8. The second kappa shape index (κ2) is 6.95. The molecule has 1 aliphatic rings. The summed E-state index contributed by atoms with van der Waals surface area (Å²) in [4.78, 5) is 13.6. The highest BCUT2D eigenvalue weighted by Crippen LogP contribution is 2.18. The molecule has 106 valence electrons. The van der Waals surface area contributed by atoms with Crippen molar-refractivity contribution in [1.29, 1.82) is 0 Å². The number of hydrogen-bond donors (Lipinski definition) is 2. The van der Waals surface area contributed by atoms with Crippen LogP contribution < -0.4 is 5.32 Å². The molecule has 0 radical (unpaired) electrons. The number of ether oxygens (including phenoxy) is 1. The number of piperidine rings is 1. The SMILES string of the molecule is CC(C)(C)OC(=O)N1CCC(CNCCO)CC1. The zero-order valence-electron chi connectivity index (χ0n) is 11.7. The van der Waals surface area contributed by atoms with Gasteiger partial charge in [0.05, 0.1) is 6.61 Å². The number of amides is 1. The van der Waals surface area contributed by atoms with Crippen LogP contribution >= 0.6 is 0 Å². The highest BCUT2D eigenvalue weighted by atomic mass is 16.6. The van der Waals surface area contributed by atoms with Gasteiger partial charge in [0.25, 0.3) is 0 Å². The molecule has 5 heteroatoms. The third kappa shape index (κ3) is 5.69. The molecule has 1 fully saturated rings. The summed E-state index contributed by atoms with van der Waals surface area (Å²) in [7, 11) is 0. The maximum absolute atomic E-state index is 11.8. The summed E-state index contributed by atoms with van der Waals surface area (Å²) in [5.41, 5.74) is -0.420. The van der Waals surface area contributed by atoms with Crippen LogP contribution in [0.15, 0.2) is 0 Å². The molecule has 1 aliphatic heterocycles. The molecule has 0 atom stereocenters. The summed E-state index contributed by atoms with van der Waals surface area (Å²) in [6.07, 6.45) is 1.79. The molecule has 0 spiro atoms. The number of nitrogens with one attached hydrogen (secondary N) is 1. The molecule has 0 aromatic heterocycles. The summed E-state index contributed by atoms with van der Waals surface area (Å²) >= 11 is 0. The number of carbonyl (C=O) groups excluding carboxylic acids is 1. The van der Waals surface area contributed by atoms with Crippen molar-refractivity contribution in [2.24, 2.45) is 5.92 Å².